The van der Waals surface area contributed by atoms with Crippen molar-refractivity contribution in [2.45, 2.75) is 20.3 Å². The normalized spacial score (nSPS) is 21.7. The Hall–Kier alpha value is -2.04. The number of carbonyl (C=O) groups excluding carboxylic acids is 2. The van der Waals surface area contributed by atoms with Gasteiger partial charge in [0.25, 0.3) is 0 Å². The van der Waals surface area contributed by atoms with Gasteiger partial charge in [0.1, 0.15) is 0 Å². The van der Waals surface area contributed by atoms with Gasteiger partial charge >= 0.3 is 6.03 Å². The monoisotopic (exact) mass is 289 g/mol. The van der Waals surface area contributed by atoms with E-state index in [-0.39, 0.29) is 18.5 Å². The second-order valence-electron chi connectivity index (χ2n) is 5.92. The Morgan fingerprint density at radius 2 is 1.76 bits per heavy atom. The van der Waals surface area contributed by atoms with Crippen molar-refractivity contribution in [1.29, 1.82) is 0 Å². The number of para-hydroxylation sites is 1. The predicted molar refractivity (Wildman–Crippen MR) is 83.0 cm³/mol. The van der Waals surface area contributed by atoms with Crippen molar-refractivity contribution in [2.24, 2.45) is 11.8 Å². The number of nitrogens with one attached hydrogen (secondary N) is 2. The average molecular weight is 289 g/mol. The molecular formula is C16H23N3O2. The molecule has 1 aliphatic heterocycles. The molecule has 0 spiro atoms. The first-order valence-electron chi connectivity index (χ1n) is 7.42. The number of hydrogen-bond acceptors (Lipinski definition) is 2. The lowest BCUT2D eigenvalue weighted by molar-refractivity contribution is -0.132. The minimum atomic E-state index is -0.354. The summed E-state index contributed by atoms with van der Waals surface area (Å²) in [5.74, 6) is 1.03. The van der Waals surface area contributed by atoms with Crippen LogP contribution < -0.4 is 10.6 Å². The maximum Gasteiger partial charge on any atom is 0.319 e. The summed E-state index contributed by atoms with van der Waals surface area (Å²) in [5, 5.41) is 5.31. The SMILES string of the molecule is CC1CC(C)CN(C(=O)CNC(=O)Nc2ccccc2)C1. The highest BCUT2D eigenvalue weighted by molar-refractivity contribution is 5.92. The van der Waals surface area contributed by atoms with Gasteiger partial charge in [0.05, 0.1) is 6.54 Å². The number of likely N-dealkylation sites (tertiary alicyclic amines) is 1. The summed E-state index contributed by atoms with van der Waals surface area (Å²) in [6, 6.07) is 8.82. The van der Waals surface area contributed by atoms with Gasteiger partial charge in [-0.25, -0.2) is 4.79 Å². The van der Waals surface area contributed by atoms with Crippen LogP contribution in [0.25, 0.3) is 0 Å². The quantitative estimate of drug-likeness (QED) is 0.897. The van der Waals surface area contributed by atoms with Crippen molar-refractivity contribution in [2.75, 3.05) is 25.0 Å². The Balaban J connectivity index is 1.77. The third kappa shape index (κ3) is 4.77. The summed E-state index contributed by atoms with van der Waals surface area (Å²) in [7, 11) is 0. The van der Waals surface area contributed by atoms with Gasteiger partial charge in [0.2, 0.25) is 5.91 Å². The van der Waals surface area contributed by atoms with Gasteiger partial charge in [0.15, 0.2) is 0 Å². The fourth-order valence-corrected chi connectivity index (χ4v) is 2.83. The first-order chi connectivity index (χ1) is 10.0. The van der Waals surface area contributed by atoms with Crippen LogP contribution in [-0.2, 0) is 4.79 Å². The van der Waals surface area contributed by atoms with Crippen LogP contribution in [0, 0.1) is 11.8 Å². The molecular weight excluding hydrogens is 266 g/mol. The van der Waals surface area contributed by atoms with Crippen molar-refractivity contribution >= 4 is 17.6 Å². The molecule has 2 atom stereocenters. The van der Waals surface area contributed by atoms with E-state index in [2.05, 4.69) is 24.5 Å². The highest BCUT2D eigenvalue weighted by atomic mass is 16.2. The van der Waals surface area contributed by atoms with Gasteiger partial charge in [0, 0.05) is 18.8 Å². The van der Waals surface area contributed by atoms with Crippen LogP contribution in [0.15, 0.2) is 30.3 Å². The molecule has 2 unspecified atom stereocenters. The van der Waals surface area contributed by atoms with E-state index >= 15 is 0 Å². The lowest BCUT2D eigenvalue weighted by atomic mass is 9.92. The van der Waals surface area contributed by atoms with Gasteiger partial charge < -0.3 is 15.5 Å². The predicted octanol–water partition coefficient (Wildman–Crippen LogP) is 2.31. The molecule has 3 amide bonds. The van der Waals surface area contributed by atoms with E-state index in [1.165, 1.54) is 0 Å². The number of piperidine rings is 1. The average Bonchev–Trinajstić information content (AvgIpc) is 2.45. The van der Waals surface area contributed by atoms with Gasteiger partial charge in [-0.15, -0.1) is 0 Å². The fourth-order valence-electron chi connectivity index (χ4n) is 2.83. The Morgan fingerprint density at radius 3 is 2.38 bits per heavy atom. The third-order valence-corrected chi connectivity index (χ3v) is 3.65. The molecule has 2 rings (SSSR count). The lowest BCUT2D eigenvalue weighted by Gasteiger charge is -2.35. The van der Waals surface area contributed by atoms with Gasteiger partial charge in [-0.2, -0.15) is 0 Å². The van der Waals surface area contributed by atoms with Gasteiger partial charge in [-0.1, -0.05) is 32.0 Å². The molecule has 0 bridgehead atoms. The number of nitrogens with zero attached hydrogens (tertiary/aromatic N) is 1. The molecule has 0 saturated carbocycles. The molecule has 1 aromatic rings. The van der Waals surface area contributed by atoms with E-state index in [0.717, 1.165) is 19.5 Å². The summed E-state index contributed by atoms with van der Waals surface area (Å²) < 4.78 is 0. The molecule has 2 N–H and O–H groups in total. The lowest BCUT2D eigenvalue weighted by Crippen LogP contribution is -2.47. The largest absolute Gasteiger partial charge is 0.341 e. The third-order valence-electron chi connectivity index (χ3n) is 3.65. The molecule has 0 aliphatic carbocycles. The van der Waals surface area contributed by atoms with Crippen molar-refractivity contribution in [1.82, 2.24) is 10.2 Å². The molecule has 1 heterocycles. The Bertz CT molecular complexity index is 480. The summed E-state index contributed by atoms with van der Waals surface area (Å²) >= 11 is 0. The zero-order chi connectivity index (χ0) is 15.2. The number of carbonyl (C=O) groups is 2. The molecule has 21 heavy (non-hydrogen) atoms. The van der Waals surface area contributed by atoms with Crippen molar-refractivity contribution in [3.8, 4) is 0 Å². The molecule has 0 aromatic heterocycles. The minimum Gasteiger partial charge on any atom is -0.341 e. The molecule has 5 nitrogen and oxygen atoms in total. The van der Waals surface area contributed by atoms with Crippen LogP contribution in [0.4, 0.5) is 10.5 Å². The van der Waals surface area contributed by atoms with Crippen LogP contribution in [0.2, 0.25) is 0 Å². The summed E-state index contributed by atoms with van der Waals surface area (Å²) in [4.78, 5) is 25.7. The summed E-state index contributed by atoms with van der Waals surface area (Å²) in [6.45, 7) is 5.92. The van der Waals surface area contributed by atoms with Crippen molar-refractivity contribution < 1.29 is 9.59 Å². The van der Waals surface area contributed by atoms with Crippen LogP contribution in [0.5, 0.6) is 0 Å². The highest BCUT2D eigenvalue weighted by Gasteiger charge is 2.25. The van der Waals surface area contributed by atoms with Gasteiger partial charge in [-0.3, -0.25) is 4.79 Å². The van der Waals surface area contributed by atoms with E-state index in [4.69, 9.17) is 0 Å². The minimum absolute atomic E-state index is 0.0170. The standard InChI is InChI=1S/C16H23N3O2/c1-12-8-13(2)11-19(10-12)15(20)9-17-16(21)18-14-6-4-3-5-7-14/h3-7,12-13H,8-11H2,1-2H3,(H2,17,18,21). The molecule has 1 aliphatic rings. The number of hydrogen-bond donors (Lipinski definition) is 2. The number of urea groups is 1. The molecule has 5 heteroatoms. The molecule has 1 fully saturated rings. The number of benzene rings is 1. The Labute approximate surface area is 125 Å². The van der Waals surface area contributed by atoms with E-state index in [0.29, 0.717) is 17.5 Å². The van der Waals surface area contributed by atoms with Crippen LogP contribution >= 0.6 is 0 Å². The van der Waals surface area contributed by atoms with E-state index in [1.807, 2.05) is 23.1 Å². The molecule has 1 aromatic carbocycles. The number of anilines is 1. The highest BCUT2D eigenvalue weighted by Crippen LogP contribution is 2.20. The topological polar surface area (TPSA) is 61.4 Å². The molecule has 0 radical (unpaired) electrons. The van der Waals surface area contributed by atoms with E-state index < -0.39 is 0 Å². The van der Waals surface area contributed by atoms with E-state index in [9.17, 15) is 9.59 Å². The first kappa shape index (κ1) is 15.4. The Morgan fingerprint density at radius 1 is 1.14 bits per heavy atom. The van der Waals surface area contributed by atoms with Crippen molar-refractivity contribution in [3.05, 3.63) is 30.3 Å². The van der Waals surface area contributed by atoms with E-state index in [1.54, 1.807) is 12.1 Å². The first-order valence-corrected chi connectivity index (χ1v) is 7.42. The second kappa shape index (κ2) is 7.11. The second-order valence-corrected chi connectivity index (χ2v) is 5.92. The van der Waals surface area contributed by atoms with Crippen molar-refractivity contribution in [3.63, 3.8) is 0 Å². The number of amides is 3. The summed E-state index contributed by atoms with van der Waals surface area (Å²) in [6.07, 6.45) is 1.16. The maximum atomic E-state index is 12.1. The maximum absolute atomic E-state index is 12.1. The summed E-state index contributed by atoms with van der Waals surface area (Å²) in [5.41, 5.74) is 0.711. The van der Waals surface area contributed by atoms with Crippen LogP contribution in [0.3, 0.4) is 0 Å². The zero-order valence-electron chi connectivity index (χ0n) is 12.6. The Kier molecular flexibility index (Phi) is 5.20. The molecule has 114 valence electrons. The van der Waals surface area contributed by atoms with Crippen LogP contribution in [0.1, 0.15) is 20.3 Å². The fraction of sp³-hybridized carbons (Fsp3) is 0.500. The van der Waals surface area contributed by atoms with Gasteiger partial charge in [-0.05, 0) is 30.4 Å². The zero-order valence-corrected chi connectivity index (χ0v) is 12.6. The van der Waals surface area contributed by atoms with Crippen LogP contribution in [-0.4, -0.2) is 36.5 Å². The molecule has 1 saturated heterocycles. The number of rotatable bonds is 3. The smallest absolute Gasteiger partial charge is 0.319 e.